The van der Waals surface area contributed by atoms with Crippen molar-refractivity contribution in [3.8, 4) is 5.75 Å². The van der Waals surface area contributed by atoms with Gasteiger partial charge in [-0.05, 0) is 18.6 Å². The van der Waals surface area contributed by atoms with E-state index in [-0.39, 0.29) is 11.7 Å². The van der Waals surface area contributed by atoms with Gasteiger partial charge in [0.2, 0.25) is 0 Å². The predicted molar refractivity (Wildman–Crippen MR) is 86.1 cm³/mol. The summed E-state index contributed by atoms with van der Waals surface area (Å²) in [6.07, 6.45) is 11.3. The monoisotopic (exact) mass is 290 g/mol. The van der Waals surface area contributed by atoms with Gasteiger partial charge in [-0.2, -0.15) is 0 Å². The highest BCUT2D eigenvalue weighted by Gasteiger charge is 1.99. The summed E-state index contributed by atoms with van der Waals surface area (Å²) in [5.74, 6) is -0.196. The number of phenols is 1. The Balaban J connectivity index is 2.10. The van der Waals surface area contributed by atoms with Crippen LogP contribution in [0.5, 0.6) is 5.75 Å². The van der Waals surface area contributed by atoms with Gasteiger partial charge in [0.05, 0.1) is 6.61 Å². The molecular weight excluding hydrogens is 264 g/mol. The largest absolute Gasteiger partial charge is 0.507 e. The number of unbranched alkanes of at least 4 members (excludes halogenated alkanes) is 6. The molecule has 1 N–H and O–H groups in total. The van der Waals surface area contributed by atoms with Gasteiger partial charge in [-0.15, -0.1) is 0 Å². The molecule has 21 heavy (non-hydrogen) atoms. The van der Waals surface area contributed by atoms with Gasteiger partial charge in [0.15, 0.2) is 0 Å². The zero-order valence-electron chi connectivity index (χ0n) is 12.9. The van der Waals surface area contributed by atoms with Gasteiger partial charge < -0.3 is 9.84 Å². The van der Waals surface area contributed by atoms with Crippen molar-refractivity contribution in [3.05, 3.63) is 35.9 Å². The van der Waals surface area contributed by atoms with E-state index in [1.54, 1.807) is 24.3 Å². The summed E-state index contributed by atoms with van der Waals surface area (Å²) in [6, 6.07) is 6.88. The van der Waals surface area contributed by atoms with Crippen LogP contribution in [0.1, 0.15) is 57.4 Å². The van der Waals surface area contributed by atoms with E-state index in [9.17, 15) is 9.90 Å². The minimum Gasteiger partial charge on any atom is -0.507 e. The highest BCUT2D eigenvalue weighted by Crippen LogP contribution is 2.16. The van der Waals surface area contributed by atoms with Crippen LogP contribution in [-0.4, -0.2) is 17.7 Å². The van der Waals surface area contributed by atoms with Crippen LogP contribution in [0, 0.1) is 0 Å². The lowest BCUT2D eigenvalue weighted by molar-refractivity contribution is -0.137. The summed E-state index contributed by atoms with van der Waals surface area (Å²) >= 11 is 0. The quantitative estimate of drug-likeness (QED) is 0.386. The van der Waals surface area contributed by atoms with Crippen LogP contribution in [-0.2, 0) is 9.53 Å². The van der Waals surface area contributed by atoms with Gasteiger partial charge >= 0.3 is 5.97 Å². The summed E-state index contributed by atoms with van der Waals surface area (Å²) in [4.78, 5) is 11.5. The van der Waals surface area contributed by atoms with Crippen LogP contribution in [0.2, 0.25) is 0 Å². The molecule has 0 amide bonds. The second-order valence-corrected chi connectivity index (χ2v) is 5.18. The summed E-state index contributed by atoms with van der Waals surface area (Å²) < 4.78 is 5.12. The van der Waals surface area contributed by atoms with E-state index in [1.165, 1.54) is 38.2 Å². The molecule has 1 aromatic rings. The Kier molecular flexibility index (Phi) is 9.01. The minimum absolute atomic E-state index is 0.161. The Morgan fingerprint density at radius 3 is 2.48 bits per heavy atom. The Morgan fingerprint density at radius 2 is 1.76 bits per heavy atom. The van der Waals surface area contributed by atoms with Gasteiger partial charge in [0.25, 0.3) is 0 Å². The highest BCUT2D eigenvalue weighted by atomic mass is 16.5. The van der Waals surface area contributed by atoms with Crippen molar-refractivity contribution in [2.75, 3.05) is 6.61 Å². The van der Waals surface area contributed by atoms with E-state index in [2.05, 4.69) is 6.92 Å². The molecule has 1 rings (SSSR count). The number of rotatable bonds is 10. The van der Waals surface area contributed by atoms with Crippen molar-refractivity contribution in [1.82, 2.24) is 0 Å². The maximum Gasteiger partial charge on any atom is 0.330 e. The molecule has 0 saturated heterocycles. The highest BCUT2D eigenvalue weighted by molar-refractivity contribution is 5.87. The molecular formula is C18H26O3. The van der Waals surface area contributed by atoms with Crippen LogP contribution in [0.25, 0.3) is 6.08 Å². The van der Waals surface area contributed by atoms with Crippen LogP contribution >= 0.6 is 0 Å². The SMILES string of the molecule is CCCCCCCCCOC(=O)/C=C/c1ccccc1O. The molecule has 0 bridgehead atoms. The fourth-order valence-corrected chi connectivity index (χ4v) is 2.07. The molecule has 0 saturated carbocycles. The molecule has 0 aliphatic carbocycles. The van der Waals surface area contributed by atoms with Gasteiger partial charge in [-0.1, -0.05) is 63.6 Å². The zero-order valence-corrected chi connectivity index (χ0v) is 12.9. The molecule has 0 fully saturated rings. The van der Waals surface area contributed by atoms with E-state index in [4.69, 9.17) is 4.74 Å². The molecule has 116 valence electrons. The molecule has 0 aliphatic heterocycles. The standard InChI is InChI=1S/C18H26O3/c1-2-3-4-5-6-7-10-15-21-18(20)14-13-16-11-8-9-12-17(16)19/h8-9,11-14,19H,2-7,10,15H2,1H3/b14-13+. The molecule has 0 unspecified atom stereocenters. The van der Waals surface area contributed by atoms with Gasteiger partial charge in [0, 0.05) is 11.6 Å². The first-order valence-corrected chi connectivity index (χ1v) is 7.87. The summed E-state index contributed by atoms with van der Waals surface area (Å²) in [7, 11) is 0. The normalized spacial score (nSPS) is 10.9. The number of para-hydroxylation sites is 1. The van der Waals surface area contributed by atoms with Crippen molar-refractivity contribution >= 4 is 12.0 Å². The third kappa shape index (κ3) is 8.18. The van der Waals surface area contributed by atoms with Crippen molar-refractivity contribution in [2.45, 2.75) is 51.9 Å². The van der Waals surface area contributed by atoms with Gasteiger partial charge in [-0.25, -0.2) is 4.79 Å². The Bertz CT molecular complexity index is 438. The number of hydrogen-bond donors (Lipinski definition) is 1. The first kappa shape index (κ1) is 17.3. The van der Waals surface area contributed by atoms with E-state index in [0.29, 0.717) is 12.2 Å². The zero-order chi connectivity index (χ0) is 15.3. The van der Waals surface area contributed by atoms with E-state index in [0.717, 1.165) is 12.8 Å². The molecule has 0 heterocycles. The Morgan fingerprint density at radius 1 is 1.10 bits per heavy atom. The number of benzene rings is 1. The van der Waals surface area contributed by atoms with E-state index >= 15 is 0 Å². The first-order chi connectivity index (χ1) is 10.2. The van der Waals surface area contributed by atoms with Gasteiger partial charge in [0.1, 0.15) is 5.75 Å². The summed E-state index contributed by atoms with van der Waals surface area (Å²) in [5.41, 5.74) is 0.616. The number of ether oxygens (including phenoxy) is 1. The maximum atomic E-state index is 11.5. The first-order valence-electron chi connectivity index (χ1n) is 7.87. The Hall–Kier alpha value is -1.77. The summed E-state index contributed by atoms with van der Waals surface area (Å²) in [5, 5.41) is 9.55. The lowest BCUT2D eigenvalue weighted by Crippen LogP contribution is -2.02. The fraction of sp³-hybridized carbons (Fsp3) is 0.500. The second-order valence-electron chi connectivity index (χ2n) is 5.18. The number of esters is 1. The third-order valence-corrected chi connectivity index (χ3v) is 3.33. The minimum atomic E-state index is -0.357. The van der Waals surface area contributed by atoms with Crippen LogP contribution in [0.4, 0.5) is 0 Å². The number of carbonyl (C=O) groups excluding carboxylic acids is 1. The lowest BCUT2D eigenvalue weighted by atomic mass is 10.1. The number of carbonyl (C=O) groups is 1. The van der Waals surface area contributed by atoms with E-state index in [1.807, 2.05) is 6.07 Å². The lowest BCUT2D eigenvalue weighted by Gasteiger charge is -2.02. The van der Waals surface area contributed by atoms with Crippen molar-refractivity contribution in [2.24, 2.45) is 0 Å². The smallest absolute Gasteiger partial charge is 0.330 e. The average molecular weight is 290 g/mol. The maximum absolute atomic E-state index is 11.5. The average Bonchev–Trinajstić information content (AvgIpc) is 2.49. The fourth-order valence-electron chi connectivity index (χ4n) is 2.07. The Labute approximate surface area is 127 Å². The number of phenolic OH excluding ortho intramolecular Hbond substituents is 1. The number of aromatic hydroxyl groups is 1. The summed E-state index contributed by atoms with van der Waals surface area (Å²) in [6.45, 7) is 2.68. The topological polar surface area (TPSA) is 46.5 Å². The molecule has 0 aromatic heterocycles. The van der Waals surface area contributed by atoms with Crippen LogP contribution in [0.3, 0.4) is 0 Å². The van der Waals surface area contributed by atoms with E-state index < -0.39 is 0 Å². The van der Waals surface area contributed by atoms with Crippen LogP contribution < -0.4 is 0 Å². The predicted octanol–water partition coefficient (Wildman–Crippen LogP) is 4.70. The van der Waals surface area contributed by atoms with Crippen molar-refractivity contribution < 1.29 is 14.6 Å². The molecule has 0 aliphatic rings. The third-order valence-electron chi connectivity index (χ3n) is 3.33. The molecule has 0 spiro atoms. The molecule has 3 nitrogen and oxygen atoms in total. The second kappa shape index (κ2) is 11.0. The molecule has 0 radical (unpaired) electrons. The number of hydrogen-bond acceptors (Lipinski definition) is 3. The molecule has 1 aromatic carbocycles. The van der Waals surface area contributed by atoms with Crippen molar-refractivity contribution in [1.29, 1.82) is 0 Å². The van der Waals surface area contributed by atoms with Crippen LogP contribution in [0.15, 0.2) is 30.3 Å². The van der Waals surface area contributed by atoms with Crippen molar-refractivity contribution in [3.63, 3.8) is 0 Å². The molecule has 3 heteroatoms. The van der Waals surface area contributed by atoms with Gasteiger partial charge in [-0.3, -0.25) is 0 Å². The molecule has 0 atom stereocenters.